The molecular formula is C23H17ClN4O2S2. The van der Waals surface area contributed by atoms with Gasteiger partial charge in [-0.3, -0.25) is 4.72 Å². The Balaban J connectivity index is 1.77. The van der Waals surface area contributed by atoms with Gasteiger partial charge in [0.2, 0.25) is 0 Å². The number of nitriles is 1. The summed E-state index contributed by atoms with van der Waals surface area (Å²) in [5.74, 6) is 0.564. The third-order valence-electron chi connectivity index (χ3n) is 4.57. The first-order chi connectivity index (χ1) is 15.5. The highest BCUT2D eigenvalue weighted by Gasteiger charge is 2.25. The first-order valence-corrected chi connectivity index (χ1v) is 12.4. The number of halogens is 1. The molecule has 0 radical (unpaired) electrons. The molecule has 0 atom stereocenters. The molecule has 0 aliphatic rings. The molecule has 0 unspecified atom stereocenters. The Labute approximate surface area is 195 Å². The lowest BCUT2D eigenvalue weighted by Crippen LogP contribution is -2.16. The summed E-state index contributed by atoms with van der Waals surface area (Å²) >= 11 is 7.57. The zero-order valence-electron chi connectivity index (χ0n) is 16.6. The van der Waals surface area contributed by atoms with Crippen molar-refractivity contribution >= 4 is 39.2 Å². The highest BCUT2D eigenvalue weighted by molar-refractivity contribution is 7.98. The molecule has 3 aromatic carbocycles. The molecule has 160 valence electrons. The van der Waals surface area contributed by atoms with Gasteiger partial charge in [0, 0.05) is 10.8 Å². The second-order valence-corrected chi connectivity index (χ2v) is 9.74. The summed E-state index contributed by atoms with van der Waals surface area (Å²) in [6.45, 7) is 0. The standard InChI is InChI=1S/C23H17ClN4O2S2/c24-21-14-8-7-9-17(21)16-31-23-20(15-25)22(28(26-23)18-10-3-1-4-11-18)27-32(29,30)19-12-5-2-6-13-19/h1-14,27H,16H2. The van der Waals surface area contributed by atoms with Crippen LogP contribution >= 0.6 is 23.4 Å². The van der Waals surface area contributed by atoms with Crippen molar-refractivity contribution in [1.29, 1.82) is 5.26 Å². The van der Waals surface area contributed by atoms with Gasteiger partial charge in [0.05, 0.1) is 10.6 Å². The van der Waals surface area contributed by atoms with Crippen LogP contribution in [-0.4, -0.2) is 18.2 Å². The summed E-state index contributed by atoms with van der Waals surface area (Å²) < 4.78 is 30.0. The third kappa shape index (κ3) is 4.65. The van der Waals surface area contributed by atoms with Crippen LogP contribution in [0.1, 0.15) is 11.1 Å². The Hall–Kier alpha value is -3.25. The Morgan fingerprint density at radius 3 is 2.25 bits per heavy atom. The maximum Gasteiger partial charge on any atom is 0.263 e. The maximum atomic E-state index is 13.0. The van der Waals surface area contributed by atoms with Crippen LogP contribution in [0, 0.1) is 11.3 Å². The zero-order chi connectivity index (χ0) is 22.6. The summed E-state index contributed by atoms with van der Waals surface area (Å²) in [7, 11) is -3.93. The van der Waals surface area contributed by atoms with Gasteiger partial charge >= 0.3 is 0 Å². The fourth-order valence-electron chi connectivity index (χ4n) is 3.00. The number of benzene rings is 3. The Kier molecular flexibility index (Phi) is 6.51. The number of nitrogens with one attached hydrogen (secondary N) is 1. The minimum Gasteiger partial charge on any atom is -0.262 e. The number of thioether (sulfide) groups is 1. The van der Waals surface area contributed by atoms with Gasteiger partial charge in [-0.2, -0.15) is 10.4 Å². The first kappa shape index (κ1) is 22.0. The molecule has 0 amide bonds. The van der Waals surface area contributed by atoms with Crippen LogP contribution in [-0.2, 0) is 15.8 Å². The van der Waals surface area contributed by atoms with Crippen molar-refractivity contribution in [2.45, 2.75) is 15.7 Å². The summed E-state index contributed by atoms with van der Waals surface area (Å²) in [4.78, 5) is 0.0926. The molecule has 32 heavy (non-hydrogen) atoms. The Bertz CT molecular complexity index is 1380. The molecule has 0 bridgehead atoms. The molecule has 0 saturated carbocycles. The largest absolute Gasteiger partial charge is 0.263 e. The van der Waals surface area contributed by atoms with E-state index in [0.29, 0.717) is 21.5 Å². The molecule has 1 N–H and O–H groups in total. The lowest BCUT2D eigenvalue weighted by atomic mass is 10.2. The van der Waals surface area contributed by atoms with Crippen molar-refractivity contribution in [1.82, 2.24) is 9.78 Å². The highest BCUT2D eigenvalue weighted by Crippen LogP contribution is 2.34. The molecular weight excluding hydrogens is 464 g/mol. The van der Waals surface area contributed by atoms with E-state index in [1.165, 1.54) is 28.6 Å². The van der Waals surface area contributed by atoms with E-state index >= 15 is 0 Å². The fraction of sp³-hybridized carbons (Fsp3) is 0.0435. The van der Waals surface area contributed by atoms with E-state index in [2.05, 4.69) is 15.9 Å². The van der Waals surface area contributed by atoms with E-state index in [0.717, 1.165) is 5.56 Å². The van der Waals surface area contributed by atoms with Gasteiger partial charge in [-0.05, 0) is 35.9 Å². The quantitative estimate of drug-likeness (QED) is 0.353. The Morgan fingerprint density at radius 1 is 0.969 bits per heavy atom. The lowest BCUT2D eigenvalue weighted by molar-refractivity contribution is 0.600. The van der Waals surface area contributed by atoms with Gasteiger partial charge in [0.25, 0.3) is 10.0 Å². The van der Waals surface area contributed by atoms with Crippen LogP contribution in [0.15, 0.2) is 94.9 Å². The molecule has 9 heteroatoms. The molecule has 0 fully saturated rings. The van der Waals surface area contributed by atoms with Crippen LogP contribution in [0.2, 0.25) is 5.02 Å². The number of sulfonamides is 1. The van der Waals surface area contributed by atoms with E-state index in [1.807, 2.05) is 36.4 Å². The summed E-state index contributed by atoms with van der Waals surface area (Å²) in [5, 5.41) is 15.5. The SMILES string of the molecule is N#Cc1c(SCc2ccccc2Cl)nn(-c2ccccc2)c1NS(=O)(=O)c1ccccc1. The van der Waals surface area contributed by atoms with Crippen LogP contribution in [0.4, 0.5) is 5.82 Å². The molecule has 1 aromatic heterocycles. The van der Waals surface area contributed by atoms with Gasteiger partial charge in [0.15, 0.2) is 5.82 Å². The maximum absolute atomic E-state index is 13.0. The van der Waals surface area contributed by atoms with Crippen LogP contribution < -0.4 is 4.72 Å². The van der Waals surface area contributed by atoms with Crippen molar-refractivity contribution in [3.63, 3.8) is 0 Å². The van der Waals surface area contributed by atoms with Crippen molar-refractivity contribution in [3.8, 4) is 11.8 Å². The van der Waals surface area contributed by atoms with E-state index in [4.69, 9.17) is 11.6 Å². The van der Waals surface area contributed by atoms with Crippen molar-refractivity contribution in [3.05, 3.63) is 101 Å². The summed E-state index contributed by atoms with van der Waals surface area (Å²) in [6.07, 6.45) is 0. The third-order valence-corrected chi connectivity index (χ3v) is 7.31. The van der Waals surface area contributed by atoms with Gasteiger partial charge in [0.1, 0.15) is 16.7 Å². The van der Waals surface area contributed by atoms with E-state index < -0.39 is 10.0 Å². The van der Waals surface area contributed by atoms with Gasteiger partial charge < -0.3 is 0 Å². The van der Waals surface area contributed by atoms with E-state index in [-0.39, 0.29) is 16.3 Å². The topological polar surface area (TPSA) is 87.8 Å². The van der Waals surface area contributed by atoms with Gasteiger partial charge in [-0.15, -0.1) is 0 Å². The second kappa shape index (κ2) is 9.49. The van der Waals surface area contributed by atoms with Crippen LogP contribution in [0.25, 0.3) is 5.69 Å². The smallest absolute Gasteiger partial charge is 0.262 e. The van der Waals surface area contributed by atoms with Crippen molar-refractivity contribution < 1.29 is 8.42 Å². The number of hydrogen-bond donors (Lipinski definition) is 1. The molecule has 0 aliphatic heterocycles. The first-order valence-electron chi connectivity index (χ1n) is 9.52. The predicted molar refractivity (Wildman–Crippen MR) is 127 cm³/mol. The zero-order valence-corrected chi connectivity index (χ0v) is 19.0. The molecule has 6 nitrogen and oxygen atoms in total. The normalized spacial score (nSPS) is 11.1. The molecule has 0 saturated heterocycles. The molecule has 1 heterocycles. The van der Waals surface area contributed by atoms with Crippen molar-refractivity contribution in [2.24, 2.45) is 0 Å². The molecule has 4 aromatic rings. The number of anilines is 1. The predicted octanol–water partition coefficient (Wildman–Crippen LogP) is 5.49. The minimum atomic E-state index is -3.93. The molecule has 0 aliphatic carbocycles. The molecule has 4 rings (SSSR count). The fourth-order valence-corrected chi connectivity index (χ4v) is 5.33. The Morgan fingerprint density at radius 2 is 1.59 bits per heavy atom. The number of para-hydroxylation sites is 1. The summed E-state index contributed by atoms with van der Waals surface area (Å²) in [6, 6.07) is 26.6. The average molecular weight is 481 g/mol. The minimum absolute atomic E-state index is 0.0872. The van der Waals surface area contributed by atoms with Crippen molar-refractivity contribution in [2.75, 3.05) is 4.72 Å². The lowest BCUT2D eigenvalue weighted by Gasteiger charge is -2.11. The van der Waals surface area contributed by atoms with Gasteiger partial charge in [-0.1, -0.05) is 78.0 Å². The number of aromatic nitrogens is 2. The van der Waals surface area contributed by atoms with Crippen LogP contribution in [0.3, 0.4) is 0 Å². The van der Waals surface area contributed by atoms with E-state index in [1.54, 1.807) is 36.4 Å². The highest BCUT2D eigenvalue weighted by atomic mass is 35.5. The number of nitrogens with zero attached hydrogens (tertiary/aromatic N) is 3. The second-order valence-electron chi connectivity index (χ2n) is 6.69. The average Bonchev–Trinajstić information content (AvgIpc) is 3.16. The number of hydrogen-bond acceptors (Lipinski definition) is 5. The van der Waals surface area contributed by atoms with Gasteiger partial charge in [-0.25, -0.2) is 13.1 Å². The monoisotopic (exact) mass is 480 g/mol. The van der Waals surface area contributed by atoms with E-state index in [9.17, 15) is 13.7 Å². The summed E-state index contributed by atoms with van der Waals surface area (Å²) in [5.41, 5.74) is 1.66. The molecule has 0 spiro atoms. The van der Waals surface area contributed by atoms with Crippen LogP contribution in [0.5, 0.6) is 0 Å². The number of rotatable bonds is 7.